The van der Waals surface area contributed by atoms with Crippen molar-refractivity contribution in [3.8, 4) is 6.07 Å². The van der Waals surface area contributed by atoms with Crippen LogP contribution in [0, 0.1) is 25.2 Å². The third-order valence-electron chi connectivity index (χ3n) is 5.58. The van der Waals surface area contributed by atoms with Gasteiger partial charge in [0.05, 0.1) is 17.0 Å². The third-order valence-corrected chi connectivity index (χ3v) is 5.58. The Bertz CT molecular complexity index is 1160. The van der Waals surface area contributed by atoms with Gasteiger partial charge in [0, 0.05) is 23.5 Å². The molecule has 30 heavy (non-hydrogen) atoms. The number of nitriles is 1. The first kappa shape index (κ1) is 19.6. The van der Waals surface area contributed by atoms with Crippen molar-refractivity contribution >= 4 is 22.8 Å². The van der Waals surface area contributed by atoms with Crippen LogP contribution in [0.4, 0.5) is 5.82 Å². The lowest BCUT2D eigenvalue weighted by Crippen LogP contribution is -2.39. The molecule has 1 aliphatic rings. The van der Waals surface area contributed by atoms with Gasteiger partial charge in [-0.1, -0.05) is 24.8 Å². The van der Waals surface area contributed by atoms with Crippen molar-refractivity contribution in [2.24, 2.45) is 0 Å². The van der Waals surface area contributed by atoms with E-state index >= 15 is 0 Å². The second-order valence-corrected chi connectivity index (χ2v) is 7.79. The molecule has 3 aromatic rings. The van der Waals surface area contributed by atoms with Gasteiger partial charge in [-0.3, -0.25) is 4.79 Å². The van der Waals surface area contributed by atoms with Crippen molar-refractivity contribution < 1.29 is 4.79 Å². The van der Waals surface area contributed by atoms with E-state index in [1.807, 2.05) is 43.9 Å². The molecule has 1 fully saturated rings. The quantitative estimate of drug-likeness (QED) is 0.650. The van der Waals surface area contributed by atoms with Gasteiger partial charge in [0.15, 0.2) is 0 Å². The molecule has 1 aliphatic carbocycles. The lowest BCUT2D eigenvalue weighted by Gasteiger charge is -2.30. The van der Waals surface area contributed by atoms with E-state index < -0.39 is 0 Å². The third kappa shape index (κ3) is 3.41. The van der Waals surface area contributed by atoms with Gasteiger partial charge in [-0.05, 0) is 44.7 Å². The molecule has 0 aliphatic heterocycles. The first-order valence-corrected chi connectivity index (χ1v) is 9.99. The van der Waals surface area contributed by atoms with Gasteiger partial charge >= 0.3 is 0 Å². The minimum Gasteiger partial charge on any atom is -0.361 e. The highest BCUT2D eigenvalue weighted by atomic mass is 16.2. The van der Waals surface area contributed by atoms with Gasteiger partial charge in [-0.15, -0.1) is 0 Å². The summed E-state index contributed by atoms with van der Waals surface area (Å²) in [5.41, 5.74) is 4.40. The molecular weight excluding hydrogens is 376 g/mol. The first-order chi connectivity index (χ1) is 14.4. The largest absolute Gasteiger partial charge is 0.361 e. The molecule has 1 atom stereocenters. The number of rotatable bonds is 6. The number of aromatic amines is 1. The van der Waals surface area contributed by atoms with Crippen LogP contribution in [0.25, 0.3) is 11.0 Å². The number of anilines is 1. The molecule has 0 radical (unpaired) electrons. The van der Waals surface area contributed by atoms with Crippen molar-refractivity contribution in [1.82, 2.24) is 19.9 Å². The molecule has 0 saturated heterocycles. The maximum absolute atomic E-state index is 13.5. The van der Waals surface area contributed by atoms with Crippen LogP contribution >= 0.6 is 0 Å². The Morgan fingerprint density at radius 3 is 2.67 bits per heavy atom. The molecule has 7 heteroatoms. The Hall–Kier alpha value is -3.66. The lowest BCUT2D eigenvalue weighted by molar-refractivity contribution is 0.0789. The van der Waals surface area contributed by atoms with Gasteiger partial charge in [0.1, 0.15) is 23.9 Å². The summed E-state index contributed by atoms with van der Waals surface area (Å²) in [5.74, 6) is 0.528. The minimum absolute atomic E-state index is 0.0149. The number of carbonyl (C=O) groups excluding carboxylic acids is 1. The van der Waals surface area contributed by atoms with E-state index in [0.29, 0.717) is 28.1 Å². The van der Waals surface area contributed by atoms with E-state index in [-0.39, 0.29) is 18.0 Å². The number of amides is 1. The van der Waals surface area contributed by atoms with Crippen LogP contribution in [0.5, 0.6) is 0 Å². The standard InChI is InChI=1S/C23H24N6O/c1-13-6-5-7-14(2)19(13)23(30)29(18-8-9-18)16(4)15(3)28-22-20-17(10-24)11-25-21(20)26-12-27-22/h5-7,11-12,15,18H,4,8-9H2,1-3H3,(H2,25,26,27,28)/t15-/m0/s1. The maximum atomic E-state index is 13.5. The molecule has 7 nitrogen and oxygen atoms in total. The Kier molecular flexibility index (Phi) is 5.00. The molecule has 1 saturated carbocycles. The van der Waals surface area contributed by atoms with Crippen molar-refractivity contribution in [2.75, 3.05) is 5.32 Å². The van der Waals surface area contributed by atoms with Crippen molar-refractivity contribution in [1.29, 1.82) is 5.26 Å². The van der Waals surface area contributed by atoms with Crippen LogP contribution < -0.4 is 5.32 Å². The van der Waals surface area contributed by atoms with Crippen LogP contribution in [-0.2, 0) is 0 Å². The fourth-order valence-corrected chi connectivity index (χ4v) is 3.79. The number of hydrogen-bond acceptors (Lipinski definition) is 5. The van der Waals surface area contributed by atoms with Gasteiger partial charge in [-0.2, -0.15) is 5.26 Å². The Labute approximate surface area is 175 Å². The summed E-state index contributed by atoms with van der Waals surface area (Å²) in [6.07, 6.45) is 5.00. The predicted molar refractivity (Wildman–Crippen MR) is 116 cm³/mol. The average Bonchev–Trinajstić information content (AvgIpc) is 3.45. The summed E-state index contributed by atoms with van der Waals surface area (Å²) < 4.78 is 0. The molecule has 0 bridgehead atoms. The summed E-state index contributed by atoms with van der Waals surface area (Å²) in [7, 11) is 0. The zero-order valence-electron chi connectivity index (χ0n) is 17.4. The molecular formula is C23H24N6O. The van der Waals surface area contributed by atoms with Crippen molar-refractivity contribution in [2.45, 2.75) is 45.7 Å². The van der Waals surface area contributed by atoms with Gasteiger partial charge in [0.2, 0.25) is 0 Å². The van der Waals surface area contributed by atoms with Gasteiger partial charge in [0.25, 0.3) is 5.91 Å². The van der Waals surface area contributed by atoms with Gasteiger partial charge < -0.3 is 15.2 Å². The molecule has 2 N–H and O–H groups in total. The average molecular weight is 400 g/mol. The number of carbonyl (C=O) groups is 1. The SMILES string of the molecule is C=C([C@H](C)Nc1ncnc2[nH]cc(C#N)c12)N(C(=O)c1c(C)cccc1C)C1CC1. The van der Waals surface area contributed by atoms with E-state index in [9.17, 15) is 10.1 Å². The number of nitrogens with zero attached hydrogens (tertiary/aromatic N) is 4. The number of hydrogen-bond donors (Lipinski definition) is 2. The Morgan fingerprint density at radius 2 is 2.03 bits per heavy atom. The van der Waals surface area contributed by atoms with E-state index in [0.717, 1.165) is 29.5 Å². The number of benzene rings is 1. The molecule has 4 rings (SSSR count). The highest BCUT2D eigenvalue weighted by Crippen LogP contribution is 2.34. The van der Waals surface area contributed by atoms with Crippen LogP contribution in [0.15, 0.2) is 43.0 Å². The molecule has 2 heterocycles. The number of aryl methyl sites for hydroxylation is 2. The van der Waals surface area contributed by atoms with Crippen LogP contribution in [-0.4, -0.2) is 37.8 Å². The summed E-state index contributed by atoms with van der Waals surface area (Å²) in [4.78, 5) is 26.8. The summed E-state index contributed by atoms with van der Waals surface area (Å²) in [6.45, 7) is 10.1. The highest BCUT2D eigenvalue weighted by Gasteiger charge is 2.37. The molecule has 1 aromatic carbocycles. The molecule has 152 valence electrons. The van der Waals surface area contributed by atoms with E-state index in [4.69, 9.17) is 0 Å². The molecule has 0 unspecified atom stereocenters. The Morgan fingerprint density at radius 1 is 1.33 bits per heavy atom. The monoisotopic (exact) mass is 400 g/mol. The number of aromatic nitrogens is 3. The van der Waals surface area contributed by atoms with Crippen molar-refractivity contribution in [3.63, 3.8) is 0 Å². The van der Waals surface area contributed by atoms with Crippen LogP contribution in [0.2, 0.25) is 0 Å². The number of nitrogens with one attached hydrogen (secondary N) is 2. The topological polar surface area (TPSA) is 97.7 Å². The Balaban J connectivity index is 1.63. The summed E-state index contributed by atoms with van der Waals surface area (Å²) in [6, 6.07) is 7.95. The molecule has 0 spiro atoms. The predicted octanol–water partition coefficient (Wildman–Crippen LogP) is 4.07. The highest BCUT2D eigenvalue weighted by molar-refractivity contribution is 5.98. The van der Waals surface area contributed by atoms with E-state index in [2.05, 4.69) is 32.9 Å². The summed E-state index contributed by atoms with van der Waals surface area (Å²) >= 11 is 0. The van der Waals surface area contributed by atoms with Crippen molar-refractivity contribution in [3.05, 3.63) is 65.3 Å². The van der Waals surface area contributed by atoms with E-state index in [1.54, 1.807) is 6.20 Å². The zero-order chi connectivity index (χ0) is 21.4. The first-order valence-electron chi connectivity index (χ1n) is 9.99. The van der Waals surface area contributed by atoms with Gasteiger partial charge in [-0.25, -0.2) is 9.97 Å². The lowest BCUT2D eigenvalue weighted by atomic mass is 10.0. The molecule has 2 aromatic heterocycles. The summed E-state index contributed by atoms with van der Waals surface area (Å²) in [5, 5.41) is 13.4. The number of H-pyrrole nitrogens is 1. The zero-order valence-corrected chi connectivity index (χ0v) is 17.4. The normalized spacial score (nSPS) is 14.2. The fraction of sp³-hybridized carbons (Fsp3) is 0.304. The second kappa shape index (κ2) is 7.64. The van der Waals surface area contributed by atoms with E-state index in [1.165, 1.54) is 6.33 Å². The minimum atomic E-state index is -0.265. The van der Waals surface area contributed by atoms with Crippen LogP contribution in [0.3, 0.4) is 0 Å². The molecule has 1 amide bonds. The maximum Gasteiger partial charge on any atom is 0.258 e. The second-order valence-electron chi connectivity index (χ2n) is 7.79. The number of fused-ring (bicyclic) bond motifs is 1. The fourth-order valence-electron chi connectivity index (χ4n) is 3.79. The van der Waals surface area contributed by atoms with Crippen LogP contribution in [0.1, 0.15) is 46.8 Å². The smallest absolute Gasteiger partial charge is 0.258 e.